The molecule has 4 N–H and O–H groups in total. The first-order valence-electron chi connectivity index (χ1n) is 12.1. The third-order valence-electron chi connectivity index (χ3n) is 5.43. The highest BCUT2D eigenvalue weighted by molar-refractivity contribution is 6.34. The summed E-state index contributed by atoms with van der Waals surface area (Å²) in [7, 11) is 0. The highest BCUT2D eigenvalue weighted by atomic mass is 35.5. The zero-order valence-corrected chi connectivity index (χ0v) is 23.2. The topological polar surface area (TPSA) is 131 Å². The average Bonchev–Trinajstić information content (AvgIpc) is 2.84. The van der Waals surface area contributed by atoms with Crippen molar-refractivity contribution < 1.29 is 23.9 Å². The van der Waals surface area contributed by atoms with E-state index in [1.165, 1.54) is 11.0 Å². The summed E-state index contributed by atoms with van der Waals surface area (Å²) < 4.78 is 5.26. The Labute approximate surface area is 233 Å². The number of terminal acetylenes is 1. The Morgan fingerprint density at radius 1 is 1.18 bits per heavy atom. The Morgan fingerprint density at radius 2 is 1.82 bits per heavy atom. The van der Waals surface area contributed by atoms with Crippen LogP contribution in [0.25, 0.3) is 0 Å². The molecular weight excluding hydrogens is 520 g/mol. The molecule has 206 valence electrons. The van der Waals surface area contributed by atoms with E-state index in [0.29, 0.717) is 27.4 Å². The molecule has 0 aliphatic rings. The molecule has 2 aromatic carbocycles. The second kappa shape index (κ2) is 13.5. The molecule has 0 spiro atoms. The van der Waals surface area contributed by atoms with Gasteiger partial charge in [-0.15, -0.1) is 13.0 Å². The third-order valence-corrected chi connectivity index (χ3v) is 5.74. The summed E-state index contributed by atoms with van der Waals surface area (Å²) >= 11 is 6.34. The van der Waals surface area contributed by atoms with E-state index in [2.05, 4.69) is 23.1 Å². The number of nitrogens with two attached hydrogens (primary N) is 1. The minimum Gasteiger partial charge on any atom is -0.444 e. The summed E-state index contributed by atoms with van der Waals surface area (Å²) in [6.07, 6.45) is 5.45. The van der Waals surface area contributed by atoms with Gasteiger partial charge in [0.05, 0.1) is 17.1 Å². The molecule has 9 nitrogen and oxygen atoms in total. The molecule has 39 heavy (non-hydrogen) atoms. The number of ether oxygens (including phenoxy) is 1. The first-order valence-corrected chi connectivity index (χ1v) is 12.5. The van der Waals surface area contributed by atoms with Gasteiger partial charge in [0.15, 0.2) is 0 Å². The van der Waals surface area contributed by atoms with E-state index in [0.717, 1.165) is 0 Å². The van der Waals surface area contributed by atoms with Crippen molar-refractivity contribution in [2.75, 3.05) is 11.9 Å². The highest BCUT2D eigenvalue weighted by Gasteiger charge is 2.36. The maximum Gasteiger partial charge on any atom is 0.408 e. The Kier molecular flexibility index (Phi) is 10.7. The Bertz CT molecular complexity index is 1260. The van der Waals surface area contributed by atoms with Crippen LogP contribution in [0.15, 0.2) is 55.1 Å². The average molecular weight is 553 g/mol. The van der Waals surface area contributed by atoms with Crippen molar-refractivity contribution in [1.29, 1.82) is 0 Å². The standard InChI is InChI=1S/C29H33ClN4O5/c1-7-16-34(27(37)22(17-23(31)35)32-28(38)39-29(4,5)6)25(20-14-12-19(8-2)13-15-20)26(36)33-24-18(3)10-9-11-21(24)30/h2,7,9-15,22,25H,1,16-17H2,3-6H3,(H2,31,35)(H,32,38)(H,33,36). The van der Waals surface area contributed by atoms with Crippen LogP contribution >= 0.6 is 11.6 Å². The number of carbonyl (C=O) groups excluding carboxylic acids is 4. The van der Waals surface area contributed by atoms with Gasteiger partial charge >= 0.3 is 6.09 Å². The summed E-state index contributed by atoms with van der Waals surface area (Å²) in [6, 6.07) is 9.00. The molecule has 0 fully saturated rings. The van der Waals surface area contributed by atoms with Crippen LogP contribution in [0.3, 0.4) is 0 Å². The normalized spacial score (nSPS) is 12.3. The molecule has 2 rings (SSSR count). The molecule has 2 aromatic rings. The first-order chi connectivity index (χ1) is 18.3. The number of primary amides is 1. The molecular formula is C29H33ClN4O5. The molecule has 0 saturated heterocycles. The number of benzene rings is 2. The summed E-state index contributed by atoms with van der Waals surface area (Å²) in [6.45, 7) is 10.3. The molecule has 0 aliphatic heterocycles. The molecule has 0 aromatic heterocycles. The number of hydrogen-bond donors (Lipinski definition) is 3. The van der Waals surface area contributed by atoms with Gasteiger partial charge in [0.1, 0.15) is 17.7 Å². The van der Waals surface area contributed by atoms with Gasteiger partial charge in [0.25, 0.3) is 5.91 Å². The van der Waals surface area contributed by atoms with Crippen LogP contribution in [0.1, 0.15) is 49.9 Å². The molecule has 10 heteroatoms. The van der Waals surface area contributed by atoms with Crippen LogP contribution in [0, 0.1) is 19.3 Å². The van der Waals surface area contributed by atoms with Crippen molar-refractivity contribution in [3.05, 3.63) is 76.8 Å². The number of nitrogens with one attached hydrogen (secondary N) is 2. The Balaban J connectivity index is 2.57. The van der Waals surface area contributed by atoms with Crippen LogP contribution in [-0.4, -0.2) is 46.9 Å². The second-order valence-electron chi connectivity index (χ2n) is 9.74. The van der Waals surface area contributed by atoms with Crippen molar-refractivity contribution in [1.82, 2.24) is 10.2 Å². The van der Waals surface area contributed by atoms with Crippen molar-refractivity contribution in [3.63, 3.8) is 0 Å². The van der Waals surface area contributed by atoms with Gasteiger partial charge in [0, 0.05) is 12.1 Å². The molecule has 0 aliphatic carbocycles. The largest absolute Gasteiger partial charge is 0.444 e. The fraction of sp³-hybridized carbons (Fsp3) is 0.310. The number of hydrogen-bond acceptors (Lipinski definition) is 5. The number of halogens is 1. The molecule has 0 heterocycles. The zero-order chi connectivity index (χ0) is 29.3. The molecule has 0 saturated carbocycles. The maximum absolute atomic E-state index is 13.9. The molecule has 4 amide bonds. The van der Waals surface area contributed by atoms with Crippen LogP contribution in [-0.2, 0) is 19.1 Å². The minimum absolute atomic E-state index is 0.111. The number of nitrogens with zero attached hydrogens (tertiary/aromatic N) is 1. The number of rotatable bonds is 10. The summed E-state index contributed by atoms with van der Waals surface area (Å²) in [5.74, 6) is 0.322. The van der Waals surface area contributed by atoms with Crippen molar-refractivity contribution in [3.8, 4) is 12.3 Å². The van der Waals surface area contributed by atoms with E-state index in [1.807, 2.05) is 0 Å². The number of alkyl carbamates (subject to hydrolysis) is 1. The Morgan fingerprint density at radius 3 is 2.33 bits per heavy atom. The van der Waals surface area contributed by atoms with E-state index in [4.69, 9.17) is 28.5 Å². The van der Waals surface area contributed by atoms with Crippen molar-refractivity contribution in [2.24, 2.45) is 5.73 Å². The maximum atomic E-state index is 13.9. The lowest BCUT2D eigenvalue weighted by atomic mass is 10.0. The fourth-order valence-corrected chi connectivity index (χ4v) is 4.00. The van der Waals surface area contributed by atoms with E-state index < -0.39 is 47.9 Å². The Hall–Kier alpha value is -4.29. The molecule has 0 bridgehead atoms. The van der Waals surface area contributed by atoms with Gasteiger partial charge in [-0.25, -0.2) is 4.79 Å². The SMILES string of the molecule is C#Cc1ccc(C(C(=O)Nc2c(C)cccc2Cl)N(CC=C)C(=O)C(CC(N)=O)NC(=O)OC(C)(C)C)cc1. The molecule has 2 atom stereocenters. The lowest BCUT2D eigenvalue weighted by molar-refractivity contribution is -0.141. The van der Waals surface area contributed by atoms with Crippen LogP contribution < -0.4 is 16.4 Å². The quantitative estimate of drug-likeness (QED) is 0.302. The van der Waals surface area contributed by atoms with Crippen molar-refractivity contribution >= 4 is 41.1 Å². The number of aryl methyl sites for hydroxylation is 1. The zero-order valence-electron chi connectivity index (χ0n) is 22.4. The molecule has 2 unspecified atom stereocenters. The van der Waals surface area contributed by atoms with E-state index in [1.54, 1.807) is 70.2 Å². The van der Waals surface area contributed by atoms with Crippen LogP contribution in [0.2, 0.25) is 5.02 Å². The number of anilines is 1. The van der Waals surface area contributed by atoms with Gasteiger partial charge in [0.2, 0.25) is 11.8 Å². The minimum atomic E-state index is -1.42. The van der Waals surface area contributed by atoms with Gasteiger partial charge in [-0.2, -0.15) is 0 Å². The summed E-state index contributed by atoms with van der Waals surface area (Å²) in [4.78, 5) is 53.2. The lowest BCUT2D eigenvalue weighted by Gasteiger charge is -2.33. The van der Waals surface area contributed by atoms with Gasteiger partial charge in [-0.1, -0.05) is 47.9 Å². The fourth-order valence-electron chi connectivity index (χ4n) is 3.73. The van der Waals surface area contributed by atoms with Crippen LogP contribution in [0.4, 0.5) is 10.5 Å². The molecule has 0 radical (unpaired) electrons. The second-order valence-corrected chi connectivity index (χ2v) is 10.1. The lowest BCUT2D eigenvalue weighted by Crippen LogP contribution is -2.53. The van der Waals surface area contributed by atoms with Crippen molar-refractivity contribution in [2.45, 2.75) is 51.8 Å². The third kappa shape index (κ3) is 8.90. The number of carbonyl (C=O) groups is 4. The highest BCUT2D eigenvalue weighted by Crippen LogP contribution is 2.29. The van der Waals surface area contributed by atoms with Gasteiger partial charge < -0.3 is 26.0 Å². The monoisotopic (exact) mass is 552 g/mol. The van der Waals surface area contributed by atoms with Gasteiger partial charge in [-0.05, 0) is 57.0 Å². The number of amides is 4. The predicted octanol–water partition coefficient (Wildman–Crippen LogP) is 4.09. The first kappa shape index (κ1) is 30.9. The summed E-state index contributed by atoms with van der Waals surface area (Å²) in [5, 5.41) is 5.53. The van der Waals surface area contributed by atoms with Crippen LogP contribution in [0.5, 0.6) is 0 Å². The smallest absolute Gasteiger partial charge is 0.408 e. The van der Waals surface area contributed by atoms with E-state index in [9.17, 15) is 19.2 Å². The number of para-hydroxylation sites is 1. The van der Waals surface area contributed by atoms with Gasteiger partial charge in [-0.3, -0.25) is 14.4 Å². The predicted molar refractivity (Wildman–Crippen MR) is 151 cm³/mol. The van der Waals surface area contributed by atoms with E-state index in [-0.39, 0.29) is 6.54 Å². The summed E-state index contributed by atoms with van der Waals surface area (Å²) in [5.41, 5.74) is 6.59. The van der Waals surface area contributed by atoms with E-state index >= 15 is 0 Å².